The molecule has 1 fully saturated rings. The number of benzene rings is 1. The number of amides is 2. The number of carbonyl (C=O) groups excluding carboxylic acids is 2. The van der Waals surface area contributed by atoms with Crippen molar-refractivity contribution in [2.24, 2.45) is 5.92 Å². The molecule has 1 aliphatic rings. The summed E-state index contributed by atoms with van der Waals surface area (Å²) in [7, 11) is 1.67. The van der Waals surface area contributed by atoms with E-state index in [2.05, 4.69) is 21.2 Å². The highest BCUT2D eigenvalue weighted by Gasteiger charge is 2.31. The summed E-state index contributed by atoms with van der Waals surface area (Å²) in [6.07, 6.45) is 0.227. The van der Waals surface area contributed by atoms with E-state index >= 15 is 0 Å². The van der Waals surface area contributed by atoms with Crippen molar-refractivity contribution in [3.05, 3.63) is 34.1 Å². The molecule has 102 valence electrons. The van der Waals surface area contributed by atoms with E-state index in [9.17, 15) is 14.0 Å². The number of likely N-dealkylation sites (tertiary alicyclic amines) is 1. The molecule has 0 aliphatic carbocycles. The van der Waals surface area contributed by atoms with Crippen LogP contribution >= 0.6 is 15.9 Å². The number of nitrogens with zero attached hydrogens (tertiary/aromatic N) is 1. The van der Waals surface area contributed by atoms with E-state index in [4.69, 9.17) is 0 Å². The van der Waals surface area contributed by atoms with E-state index in [0.717, 1.165) is 0 Å². The SMILES string of the molecule is CN1CC(C(=O)NCc2ccc(Br)cc2F)CC1=O. The zero-order valence-corrected chi connectivity index (χ0v) is 12.0. The molecule has 0 radical (unpaired) electrons. The lowest BCUT2D eigenvalue weighted by atomic mass is 10.1. The van der Waals surface area contributed by atoms with Gasteiger partial charge in [-0.2, -0.15) is 0 Å². The Morgan fingerprint density at radius 3 is 2.89 bits per heavy atom. The maximum absolute atomic E-state index is 13.6. The van der Waals surface area contributed by atoms with E-state index < -0.39 is 0 Å². The van der Waals surface area contributed by atoms with Gasteiger partial charge in [0.05, 0.1) is 5.92 Å². The molecule has 1 saturated heterocycles. The van der Waals surface area contributed by atoms with Crippen LogP contribution in [0, 0.1) is 11.7 Å². The van der Waals surface area contributed by atoms with E-state index in [0.29, 0.717) is 16.6 Å². The molecule has 19 heavy (non-hydrogen) atoms. The Labute approximate surface area is 119 Å². The van der Waals surface area contributed by atoms with Crippen molar-refractivity contribution in [1.29, 1.82) is 0 Å². The van der Waals surface area contributed by atoms with Gasteiger partial charge in [-0.3, -0.25) is 9.59 Å². The number of nitrogens with one attached hydrogen (secondary N) is 1. The largest absolute Gasteiger partial charge is 0.352 e. The molecule has 6 heteroatoms. The number of halogens is 2. The van der Waals surface area contributed by atoms with Crippen LogP contribution in [-0.2, 0) is 16.1 Å². The van der Waals surface area contributed by atoms with Gasteiger partial charge in [0.1, 0.15) is 5.82 Å². The summed E-state index contributed by atoms with van der Waals surface area (Å²) in [6.45, 7) is 0.555. The Morgan fingerprint density at radius 2 is 2.32 bits per heavy atom. The van der Waals surface area contributed by atoms with Gasteiger partial charge < -0.3 is 10.2 Å². The minimum absolute atomic E-state index is 0.0324. The first-order valence-corrected chi connectivity index (χ1v) is 6.72. The Balaban J connectivity index is 1.92. The molecule has 0 bridgehead atoms. The topological polar surface area (TPSA) is 49.4 Å². The molecule has 1 atom stereocenters. The minimum Gasteiger partial charge on any atom is -0.352 e. The lowest BCUT2D eigenvalue weighted by molar-refractivity contribution is -0.128. The second-order valence-electron chi connectivity index (χ2n) is 4.63. The number of rotatable bonds is 3. The molecule has 4 nitrogen and oxygen atoms in total. The second-order valence-corrected chi connectivity index (χ2v) is 5.54. The predicted molar refractivity (Wildman–Crippen MR) is 71.7 cm³/mol. The normalized spacial score (nSPS) is 18.8. The molecule has 1 heterocycles. The van der Waals surface area contributed by atoms with Crippen LogP contribution in [-0.4, -0.2) is 30.3 Å². The molecule has 0 spiro atoms. The monoisotopic (exact) mass is 328 g/mol. The van der Waals surface area contributed by atoms with Crippen LogP contribution in [0.4, 0.5) is 4.39 Å². The summed E-state index contributed by atoms with van der Waals surface area (Å²) in [6, 6.07) is 4.69. The van der Waals surface area contributed by atoms with Gasteiger partial charge >= 0.3 is 0 Å². The molecule has 0 aromatic heterocycles. The quantitative estimate of drug-likeness (QED) is 0.917. The van der Waals surface area contributed by atoms with Crippen molar-refractivity contribution in [2.45, 2.75) is 13.0 Å². The third kappa shape index (κ3) is 3.32. The average Bonchev–Trinajstić information content (AvgIpc) is 2.68. The summed E-state index contributed by atoms with van der Waals surface area (Å²) >= 11 is 3.17. The first-order valence-electron chi connectivity index (χ1n) is 5.93. The summed E-state index contributed by atoms with van der Waals surface area (Å²) in [5.74, 6) is -0.944. The third-order valence-corrected chi connectivity index (χ3v) is 3.67. The van der Waals surface area contributed by atoms with Crippen LogP contribution in [0.5, 0.6) is 0 Å². The fourth-order valence-corrected chi connectivity index (χ4v) is 2.36. The smallest absolute Gasteiger partial charge is 0.225 e. The van der Waals surface area contributed by atoms with Crippen molar-refractivity contribution >= 4 is 27.7 Å². The van der Waals surface area contributed by atoms with Crippen LogP contribution in [0.15, 0.2) is 22.7 Å². The highest BCUT2D eigenvalue weighted by atomic mass is 79.9. The van der Waals surface area contributed by atoms with E-state index in [-0.39, 0.29) is 36.5 Å². The highest BCUT2D eigenvalue weighted by molar-refractivity contribution is 9.10. The molecular formula is C13H14BrFN2O2. The highest BCUT2D eigenvalue weighted by Crippen LogP contribution is 2.17. The fraction of sp³-hybridized carbons (Fsp3) is 0.385. The molecule has 1 aromatic rings. The lowest BCUT2D eigenvalue weighted by Crippen LogP contribution is -2.32. The summed E-state index contributed by atoms with van der Waals surface area (Å²) in [5.41, 5.74) is 0.425. The van der Waals surface area contributed by atoms with Crippen molar-refractivity contribution in [1.82, 2.24) is 10.2 Å². The van der Waals surface area contributed by atoms with Crippen molar-refractivity contribution in [2.75, 3.05) is 13.6 Å². The number of carbonyl (C=O) groups is 2. The summed E-state index contributed by atoms with van der Waals surface area (Å²) < 4.78 is 14.2. The van der Waals surface area contributed by atoms with Gasteiger partial charge in [-0.15, -0.1) is 0 Å². The van der Waals surface area contributed by atoms with Crippen LogP contribution in [0.3, 0.4) is 0 Å². The van der Waals surface area contributed by atoms with Gasteiger partial charge in [0.2, 0.25) is 11.8 Å². The third-order valence-electron chi connectivity index (χ3n) is 3.18. The maximum Gasteiger partial charge on any atom is 0.225 e. The van der Waals surface area contributed by atoms with Crippen LogP contribution < -0.4 is 5.32 Å². The van der Waals surface area contributed by atoms with Gasteiger partial charge in [-0.25, -0.2) is 4.39 Å². The van der Waals surface area contributed by atoms with Crippen LogP contribution in [0.2, 0.25) is 0 Å². The Bertz CT molecular complexity index is 521. The van der Waals surface area contributed by atoms with Gasteiger partial charge in [0.25, 0.3) is 0 Å². The molecule has 1 N–H and O–H groups in total. The first kappa shape index (κ1) is 14.0. The lowest BCUT2D eigenvalue weighted by Gasteiger charge is -2.11. The van der Waals surface area contributed by atoms with Gasteiger partial charge in [0, 0.05) is 36.6 Å². The number of hydrogen-bond acceptors (Lipinski definition) is 2. The zero-order chi connectivity index (χ0) is 14.0. The minimum atomic E-state index is -0.366. The number of hydrogen-bond donors (Lipinski definition) is 1. The molecule has 2 amide bonds. The fourth-order valence-electron chi connectivity index (χ4n) is 2.03. The van der Waals surface area contributed by atoms with E-state index in [1.54, 1.807) is 19.2 Å². The van der Waals surface area contributed by atoms with Gasteiger partial charge in [0.15, 0.2) is 0 Å². The standard InChI is InChI=1S/C13H14BrFN2O2/c1-17-7-9(4-12(17)18)13(19)16-6-8-2-3-10(14)5-11(8)15/h2-3,5,9H,4,6-7H2,1H3,(H,16,19). The molecule has 1 unspecified atom stereocenters. The van der Waals surface area contributed by atoms with E-state index in [1.165, 1.54) is 11.0 Å². The van der Waals surface area contributed by atoms with Gasteiger partial charge in [-0.05, 0) is 12.1 Å². The summed E-state index contributed by atoms with van der Waals surface area (Å²) in [4.78, 5) is 24.7. The molecular weight excluding hydrogens is 315 g/mol. The first-order chi connectivity index (χ1) is 8.97. The maximum atomic E-state index is 13.6. The molecule has 1 aliphatic heterocycles. The van der Waals surface area contributed by atoms with Crippen LogP contribution in [0.25, 0.3) is 0 Å². The Morgan fingerprint density at radius 1 is 1.58 bits per heavy atom. The second kappa shape index (κ2) is 5.69. The van der Waals surface area contributed by atoms with E-state index in [1.807, 2.05) is 0 Å². The van der Waals surface area contributed by atoms with Gasteiger partial charge in [-0.1, -0.05) is 22.0 Å². The summed E-state index contributed by atoms with van der Waals surface area (Å²) in [5, 5.41) is 2.67. The van der Waals surface area contributed by atoms with Crippen molar-refractivity contribution in [3.8, 4) is 0 Å². The average molecular weight is 329 g/mol. The van der Waals surface area contributed by atoms with Crippen molar-refractivity contribution < 1.29 is 14.0 Å². The van der Waals surface area contributed by atoms with Crippen LogP contribution in [0.1, 0.15) is 12.0 Å². The molecule has 1 aromatic carbocycles. The molecule has 2 rings (SSSR count). The molecule has 0 saturated carbocycles. The van der Waals surface area contributed by atoms with Crippen molar-refractivity contribution in [3.63, 3.8) is 0 Å². The predicted octanol–water partition coefficient (Wildman–Crippen LogP) is 1.68. The Hall–Kier alpha value is -1.43. The zero-order valence-electron chi connectivity index (χ0n) is 10.5. The Kier molecular flexibility index (Phi) is 4.19.